The fraction of sp³-hybridized carbons (Fsp3) is 0.467. The van der Waals surface area contributed by atoms with Crippen molar-refractivity contribution < 1.29 is 0 Å². The Kier molecular flexibility index (Phi) is 3.91. The maximum Gasteiger partial charge on any atom is 0.0458 e. The number of H-pyrrole nitrogens is 1. The highest BCUT2D eigenvalue weighted by Gasteiger charge is 2.16. The lowest BCUT2D eigenvalue weighted by molar-refractivity contribution is 0.294. The summed E-state index contributed by atoms with van der Waals surface area (Å²) in [6, 6.07) is 7.07. The van der Waals surface area contributed by atoms with Gasteiger partial charge in [0.1, 0.15) is 0 Å². The van der Waals surface area contributed by atoms with Crippen LogP contribution in [-0.4, -0.2) is 36.1 Å². The fourth-order valence-corrected chi connectivity index (χ4v) is 3.29. The minimum Gasteiger partial charge on any atom is -0.361 e. The molecule has 1 atom stereocenters. The molecule has 1 aliphatic rings. The first-order valence-electron chi connectivity index (χ1n) is 6.90. The summed E-state index contributed by atoms with van der Waals surface area (Å²) in [4.78, 5) is 5.76. The number of nitrogens with one attached hydrogen (secondary N) is 2. The van der Waals surface area contributed by atoms with E-state index in [0.29, 0.717) is 6.04 Å². The predicted molar refractivity (Wildman–Crippen MR) is 83.4 cm³/mol. The lowest BCUT2D eigenvalue weighted by Gasteiger charge is -2.20. The molecular formula is C15H20BrN3. The van der Waals surface area contributed by atoms with Crippen molar-refractivity contribution in [2.75, 3.05) is 20.1 Å². The van der Waals surface area contributed by atoms with Crippen LogP contribution in [0.2, 0.25) is 0 Å². The molecule has 3 nitrogen and oxygen atoms in total. The number of rotatable bonds is 4. The van der Waals surface area contributed by atoms with Gasteiger partial charge in [0.15, 0.2) is 0 Å². The molecule has 2 aromatic rings. The minimum atomic E-state index is 0.668. The van der Waals surface area contributed by atoms with Gasteiger partial charge in [0, 0.05) is 40.7 Å². The average Bonchev–Trinajstić information content (AvgIpc) is 3.00. The number of aromatic nitrogens is 1. The van der Waals surface area contributed by atoms with E-state index in [1.165, 1.54) is 35.9 Å². The van der Waals surface area contributed by atoms with Crippen LogP contribution in [-0.2, 0) is 6.54 Å². The van der Waals surface area contributed by atoms with E-state index in [4.69, 9.17) is 0 Å². The molecule has 0 spiro atoms. The van der Waals surface area contributed by atoms with Crippen molar-refractivity contribution >= 4 is 26.8 Å². The zero-order chi connectivity index (χ0) is 13.2. The highest BCUT2D eigenvalue weighted by molar-refractivity contribution is 9.10. The SMILES string of the molecule is CN(Cc1c[nH]c2ccc(Br)cc12)CC1CCCN1. The van der Waals surface area contributed by atoms with Crippen molar-refractivity contribution in [2.45, 2.75) is 25.4 Å². The number of aromatic amines is 1. The smallest absolute Gasteiger partial charge is 0.0458 e. The van der Waals surface area contributed by atoms with Crippen LogP contribution in [0.3, 0.4) is 0 Å². The molecule has 4 heteroatoms. The van der Waals surface area contributed by atoms with E-state index < -0.39 is 0 Å². The van der Waals surface area contributed by atoms with E-state index in [1.54, 1.807) is 0 Å². The number of hydrogen-bond acceptors (Lipinski definition) is 2. The summed E-state index contributed by atoms with van der Waals surface area (Å²) in [6.07, 6.45) is 4.76. The molecule has 0 aliphatic carbocycles. The van der Waals surface area contributed by atoms with Crippen LogP contribution < -0.4 is 5.32 Å². The van der Waals surface area contributed by atoms with Gasteiger partial charge in [0.25, 0.3) is 0 Å². The van der Waals surface area contributed by atoms with Crippen molar-refractivity contribution in [1.29, 1.82) is 0 Å². The number of hydrogen-bond donors (Lipinski definition) is 2. The number of likely N-dealkylation sites (N-methyl/N-ethyl adjacent to an activating group) is 1. The number of nitrogens with zero attached hydrogens (tertiary/aromatic N) is 1. The zero-order valence-electron chi connectivity index (χ0n) is 11.2. The van der Waals surface area contributed by atoms with Crippen LogP contribution in [0.4, 0.5) is 0 Å². The summed E-state index contributed by atoms with van der Waals surface area (Å²) < 4.78 is 1.14. The van der Waals surface area contributed by atoms with Crippen LogP contribution in [0.5, 0.6) is 0 Å². The van der Waals surface area contributed by atoms with Gasteiger partial charge < -0.3 is 15.2 Å². The van der Waals surface area contributed by atoms with E-state index in [1.807, 2.05) is 0 Å². The van der Waals surface area contributed by atoms with Crippen molar-refractivity contribution in [1.82, 2.24) is 15.2 Å². The molecule has 0 radical (unpaired) electrons. The normalized spacial score (nSPS) is 19.6. The highest BCUT2D eigenvalue weighted by Crippen LogP contribution is 2.23. The predicted octanol–water partition coefficient (Wildman–Crippen LogP) is 3.11. The Hall–Kier alpha value is -0.840. The molecule has 0 saturated carbocycles. The first-order chi connectivity index (χ1) is 9.22. The number of benzene rings is 1. The van der Waals surface area contributed by atoms with Gasteiger partial charge in [0.2, 0.25) is 0 Å². The molecule has 3 rings (SSSR count). The molecule has 1 aromatic carbocycles. The molecule has 1 aromatic heterocycles. The van der Waals surface area contributed by atoms with Crippen LogP contribution in [0.15, 0.2) is 28.9 Å². The molecular weight excluding hydrogens is 302 g/mol. The van der Waals surface area contributed by atoms with Gasteiger partial charge in [-0.25, -0.2) is 0 Å². The molecule has 2 heterocycles. The molecule has 1 unspecified atom stereocenters. The Morgan fingerprint density at radius 1 is 1.42 bits per heavy atom. The van der Waals surface area contributed by atoms with Crippen molar-refractivity contribution in [3.05, 3.63) is 34.4 Å². The summed E-state index contributed by atoms with van der Waals surface area (Å²) in [5.74, 6) is 0. The summed E-state index contributed by atoms with van der Waals surface area (Å²) in [5, 5.41) is 4.88. The number of halogens is 1. The van der Waals surface area contributed by atoms with E-state index in [-0.39, 0.29) is 0 Å². The summed E-state index contributed by atoms with van der Waals surface area (Å²) in [5.41, 5.74) is 2.59. The lowest BCUT2D eigenvalue weighted by atomic mass is 10.1. The first-order valence-corrected chi connectivity index (χ1v) is 7.69. The van der Waals surface area contributed by atoms with Crippen LogP contribution >= 0.6 is 15.9 Å². The quantitative estimate of drug-likeness (QED) is 0.906. The van der Waals surface area contributed by atoms with E-state index in [0.717, 1.165) is 17.6 Å². The second-order valence-corrected chi connectivity index (χ2v) is 6.41. The highest BCUT2D eigenvalue weighted by atomic mass is 79.9. The summed E-state index contributed by atoms with van der Waals surface area (Å²) >= 11 is 3.55. The van der Waals surface area contributed by atoms with Crippen LogP contribution in [0, 0.1) is 0 Å². The van der Waals surface area contributed by atoms with Gasteiger partial charge in [0.05, 0.1) is 0 Å². The third kappa shape index (κ3) is 3.02. The van der Waals surface area contributed by atoms with Gasteiger partial charge in [-0.2, -0.15) is 0 Å². The zero-order valence-corrected chi connectivity index (χ0v) is 12.8. The largest absolute Gasteiger partial charge is 0.361 e. The van der Waals surface area contributed by atoms with Crippen LogP contribution in [0.1, 0.15) is 18.4 Å². The standard InChI is InChI=1S/C15H20BrN3/c1-19(10-13-3-2-6-17-13)9-11-8-18-15-5-4-12(16)7-14(11)15/h4-5,7-8,13,17-18H,2-3,6,9-10H2,1H3. The maximum absolute atomic E-state index is 3.56. The third-order valence-corrected chi connectivity index (χ3v) is 4.36. The van der Waals surface area contributed by atoms with Gasteiger partial charge in [-0.05, 0) is 50.2 Å². The Balaban J connectivity index is 1.71. The van der Waals surface area contributed by atoms with E-state index >= 15 is 0 Å². The Labute approximate surface area is 122 Å². The molecule has 2 N–H and O–H groups in total. The minimum absolute atomic E-state index is 0.668. The van der Waals surface area contributed by atoms with E-state index in [2.05, 4.69) is 62.6 Å². The second-order valence-electron chi connectivity index (χ2n) is 5.49. The molecule has 19 heavy (non-hydrogen) atoms. The van der Waals surface area contributed by atoms with Gasteiger partial charge in [-0.1, -0.05) is 15.9 Å². The average molecular weight is 322 g/mol. The lowest BCUT2D eigenvalue weighted by Crippen LogP contribution is -2.34. The van der Waals surface area contributed by atoms with Gasteiger partial charge in [-0.3, -0.25) is 0 Å². The third-order valence-electron chi connectivity index (χ3n) is 3.86. The van der Waals surface area contributed by atoms with Crippen molar-refractivity contribution in [3.63, 3.8) is 0 Å². The summed E-state index contributed by atoms with van der Waals surface area (Å²) in [6.45, 7) is 3.30. The molecule has 0 bridgehead atoms. The monoisotopic (exact) mass is 321 g/mol. The van der Waals surface area contributed by atoms with Gasteiger partial charge in [-0.15, -0.1) is 0 Å². The van der Waals surface area contributed by atoms with Crippen LogP contribution in [0.25, 0.3) is 10.9 Å². The Bertz CT molecular complexity index is 558. The second kappa shape index (κ2) is 5.65. The van der Waals surface area contributed by atoms with Gasteiger partial charge >= 0.3 is 0 Å². The molecule has 0 amide bonds. The molecule has 1 saturated heterocycles. The fourth-order valence-electron chi connectivity index (χ4n) is 2.93. The van der Waals surface area contributed by atoms with Crippen molar-refractivity contribution in [3.8, 4) is 0 Å². The molecule has 1 fully saturated rings. The topological polar surface area (TPSA) is 31.1 Å². The first kappa shape index (κ1) is 13.2. The van der Waals surface area contributed by atoms with E-state index in [9.17, 15) is 0 Å². The summed E-state index contributed by atoms with van der Waals surface area (Å²) in [7, 11) is 2.21. The Morgan fingerprint density at radius 3 is 3.11 bits per heavy atom. The number of fused-ring (bicyclic) bond motifs is 1. The molecule has 1 aliphatic heterocycles. The molecule has 102 valence electrons. The van der Waals surface area contributed by atoms with Crippen molar-refractivity contribution in [2.24, 2.45) is 0 Å². The maximum atomic E-state index is 3.56. The Morgan fingerprint density at radius 2 is 2.32 bits per heavy atom.